The maximum absolute atomic E-state index is 12.3. The molecule has 1 aliphatic rings. The van der Waals surface area contributed by atoms with Gasteiger partial charge in [-0.15, -0.1) is 0 Å². The van der Waals surface area contributed by atoms with E-state index in [0.29, 0.717) is 28.1 Å². The second kappa shape index (κ2) is 5.73. The van der Waals surface area contributed by atoms with Crippen molar-refractivity contribution in [3.8, 4) is 6.07 Å². The van der Waals surface area contributed by atoms with Crippen LogP contribution in [0.3, 0.4) is 0 Å². The van der Waals surface area contributed by atoms with Crippen molar-refractivity contribution in [2.45, 2.75) is 12.8 Å². The number of hydrogen-bond donors (Lipinski definition) is 0. The molecular formula is C13H12BrClN2O. The van der Waals surface area contributed by atoms with E-state index in [4.69, 9.17) is 16.9 Å². The largest absolute Gasteiger partial charge is 0.337 e. The normalized spacial score (nSPS) is 19.4. The predicted molar refractivity (Wildman–Crippen MR) is 73.4 cm³/mol. The van der Waals surface area contributed by atoms with Gasteiger partial charge in [-0.2, -0.15) is 5.26 Å². The molecule has 3 nitrogen and oxygen atoms in total. The molecule has 0 aromatic heterocycles. The van der Waals surface area contributed by atoms with Gasteiger partial charge >= 0.3 is 0 Å². The van der Waals surface area contributed by atoms with Crippen LogP contribution in [0.15, 0.2) is 22.7 Å². The topological polar surface area (TPSA) is 44.1 Å². The number of nitriles is 1. The van der Waals surface area contributed by atoms with Gasteiger partial charge < -0.3 is 4.90 Å². The molecule has 1 saturated heterocycles. The van der Waals surface area contributed by atoms with Gasteiger partial charge in [0.05, 0.1) is 22.6 Å². The molecule has 0 radical (unpaired) electrons. The Balaban J connectivity index is 2.21. The lowest BCUT2D eigenvalue weighted by Gasteiger charge is -2.30. The Morgan fingerprint density at radius 1 is 1.56 bits per heavy atom. The third kappa shape index (κ3) is 2.68. The number of piperidine rings is 1. The average Bonchev–Trinajstić information content (AvgIpc) is 2.41. The molecule has 1 amide bonds. The summed E-state index contributed by atoms with van der Waals surface area (Å²) in [4.78, 5) is 14.1. The number of halogens is 2. The van der Waals surface area contributed by atoms with Gasteiger partial charge in [0.2, 0.25) is 0 Å². The van der Waals surface area contributed by atoms with Gasteiger partial charge in [-0.3, -0.25) is 4.79 Å². The zero-order chi connectivity index (χ0) is 13.1. The van der Waals surface area contributed by atoms with Crippen molar-refractivity contribution in [3.63, 3.8) is 0 Å². The molecule has 1 atom stereocenters. The molecule has 94 valence electrons. The molecular weight excluding hydrogens is 316 g/mol. The Morgan fingerprint density at radius 3 is 3.06 bits per heavy atom. The zero-order valence-electron chi connectivity index (χ0n) is 9.70. The number of likely N-dealkylation sites (tertiary alicyclic amines) is 1. The van der Waals surface area contributed by atoms with Crippen LogP contribution in [0, 0.1) is 17.2 Å². The van der Waals surface area contributed by atoms with E-state index in [9.17, 15) is 4.79 Å². The fourth-order valence-electron chi connectivity index (χ4n) is 2.11. The van der Waals surface area contributed by atoms with Gasteiger partial charge in [-0.05, 0) is 40.9 Å². The number of amides is 1. The summed E-state index contributed by atoms with van der Waals surface area (Å²) in [6.45, 7) is 1.19. The molecule has 1 aliphatic heterocycles. The number of carbonyl (C=O) groups is 1. The highest BCUT2D eigenvalue weighted by Gasteiger charge is 2.25. The molecule has 1 fully saturated rings. The number of hydrogen-bond acceptors (Lipinski definition) is 2. The van der Waals surface area contributed by atoms with Crippen molar-refractivity contribution in [1.82, 2.24) is 4.90 Å². The van der Waals surface area contributed by atoms with Gasteiger partial charge in [-0.25, -0.2) is 0 Å². The summed E-state index contributed by atoms with van der Waals surface area (Å²) in [6, 6.07) is 7.53. The lowest BCUT2D eigenvalue weighted by atomic mass is 9.99. The van der Waals surface area contributed by atoms with Crippen LogP contribution in [0.4, 0.5) is 0 Å². The van der Waals surface area contributed by atoms with E-state index in [0.717, 1.165) is 12.8 Å². The second-order valence-electron chi connectivity index (χ2n) is 4.32. The molecule has 18 heavy (non-hydrogen) atoms. The minimum atomic E-state index is -0.0961. The van der Waals surface area contributed by atoms with Crippen LogP contribution in [0.2, 0.25) is 5.02 Å². The van der Waals surface area contributed by atoms with Crippen LogP contribution in [0.5, 0.6) is 0 Å². The Morgan fingerprint density at radius 2 is 2.33 bits per heavy atom. The first-order valence-electron chi connectivity index (χ1n) is 5.76. The monoisotopic (exact) mass is 326 g/mol. The van der Waals surface area contributed by atoms with Crippen LogP contribution < -0.4 is 0 Å². The van der Waals surface area contributed by atoms with E-state index in [-0.39, 0.29) is 11.8 Å². The first kappa shape index (κ1) is 13.4. The molecule has 1 aromatic carbocycles. The van der Waals surface area contributed by atoms with Crippen molar-refractivity contribution < 1.29 is 4.79 Å². The van der Waals surface area contributed by atoms with E-state index in [2.05, 4.69) is 22.0 Å². The Kier molecular flexibility index (Phi) is 4.26. The summed E-state index contributed by atoms with van der Waals surface area (Å²) in [5.74, 6) is -0.158. The van der Waals surface area contributed by atoms with Crippen LogP contribution in [-0.2, 0) is 0 Å². The highest BCUT2D eigenvalue weighted by Crippen LogP contribution is 2.28. The predicted octanol–water partition coefficient (Wildman–Crippen LogP) is 3.48. The fraction of sp³-hybridized carbons (Fsp3) is 0.385. The molecule has 0 bridgehead atoms. The molecule has 0 N–H and O–H groups in total. The molecule has 5 heteroatoms. The maximum Gasteiger partial charge on any atom is 0.255 e. The molecule has 1 aromatic rings. The molecule has 2 rings (SSSR count). The quantitative estimate of drug-likeness (QED) is 0.792. The summed E-state index contributed by atoms with van der Waals surface area (Å²) >= 11 is 9.43. The van der Waals surface area contributed by atoms with Gasteiger partial charge in [0.25, 0.3) is 5.91 Å². The lowest BCUT2D eigenvalue weighted by molar-refractivity contribution is 0.0699. The summed E-state index contributed by atoms with van der Waals surface area (Å²) in [5.41, 5.74) is 0.490. The number of benzene rings is 1. The van der Waals surface area contributed by atoms with Gasteiger partial charge in [0.15, 0.2) is 0 Å². The summed E-state index contributed by atoms with van der Waals surface area (Å²) in [6.07, 6.45) is 1.74. The van der Waals surface area contributed by atoms with E-state index >= 15 is 0 Å². The third-order valence-corrected chi connectivity index (χ3v) is 4.37. The van der Waals surface area contributed by atoms with Gasteiger partial charge in [0, 0.05) is 17.6 Å². The number of nitrogens with zero attached hydrogens (tertiary/aromatic N) is 2. The second-order valence-corrected chi connectivity index (χ2v) is 5.55. The Labute approximate surface area is 119 Å². The number of carbonyl (C=O) groups excluding carboxylic acids is 1. The minimum absolute atomic E-state index is 0.0615. The smallest absolute Gasteiger partial charge is 0.255 e. The summed E-state index contributed by atoms with van der Waals surface area (Å²) in [7, 11) is 0. The van der Waals surface area contributed by atoms with Gasteiger partial charge in [0.1, 0.15) is 0 Å². The van der Waals surface area contributed by atoms with Crippen molar-refractivity contribution >= 4 is 33.4 Å². The van der Waals surface area contributed by atoms with Crippen LogP contribution in [0.25, 0.3) is 0 Å². The van der Waals surface area contributed by atoms with Crippen molar-refractivity contribution in [2.75, 3.05) is 13.1 Å². The summed E-state index contributed by atoms with van der Waals surface area (Å²) in [5, 5.41) is 9.37. The Hall–Kier alpha value is -1.05. The average molecular weight is 328 g/mol. The van der Waals surface area contributed by atoms with Crippen LogP contribution in [-0.4, -0.2) is 23.9 Å². The van der Waals surface area contributed by atoms with Crippen molar-refractivity contribution in [1.29, 1.82) is 5.26 Å². The van der Waals surface area contributed by atoms with Crippen molar-refractivity contribution in [3.05, 3.63) is 33.3 Å². The standard InChI is InChI=1S/C13H12BrClN2O/c14-11-5-1-4-10(12(11)15)13(18)17-6-2-3-9(7-16)8-17/h1,4-5,9H,2-3,6,8H2. The molecule has 0 saturated carbocycles. The Bertz CT molecular complexity index is 512. The van der Waals surface area contributed by atoms with E-state index < -0.39 is 0 Å². The summed E-state index contributed by atoms with van der Waals surface area (Å²) < 4.78 is 0.712. The van der Waals surface area contributed by atoms with E-state index in [1.165, 1.54) is 0 Å². The lowest BCUT2D eigenvalue weighted by Crippen LogP contribution is -2.39. The van der Waals surface area contributed by atoms with E-state index in [1.807, 2.05) is 0 Å². The highest BCUT2D eigenvalue weighted by atomic mass is 79.9. The first-order chi connectivity index (χ1) is 8.63. The molecule has 1 heterocycles. The van der Waals surface area contributed by atoms with Crippen LogP contribution in [0.1, 0.15) is 23.2 Å². The van der Waals surface area contributed by atoms with E-state index in [1.54, 1.807) is 23.1 Å². The molecule has 0 aliphatic carbocycles. The SMILES string of the molecule is N#CC1CCCN(C(=O)c2cccc(Br)c2Cl)C1. The fourth-order valence-corrected chi connectivity index (χ4v) is 2.68. The third-order valence-electron chi connectivity index (χ3n) is 3.07. The molecule has 1 unspecified atom stereocenters. The number of rotatable bonds is 1. The van der Waals surface area contributed by atoms with Gasteiger partial charge in [-0.1, -0.05) is 17.7 Å². The minimum Gasteiger partial charge on any atom is -0.337 e. The zero-order valence-corrected chi connectivity index (χ0v) is 12.0. The van der Waals surface area contributed by atoms with Crippen molar-refractivity contribution in [2.24, 2.45) is 5.92 Å². The maximum atomic E-state index is 12.3. The van der Waals surface area contributed by atoms with Crippen LogP contribution >= 0.6 is 27.5 Å². The highest BCUT2D eigenvalue weighted by molar-refractivity contribution is 9.10. The molecule has 0 spiro atoms. The first-order valence-corrected chi connectivity index (χ1v) is 6.93.